The second-order valence-corrected chi connectivity index (χ2v) is 5.98. The molecule has 1 aromatic carbocycles. The Balaban J connectivity index is 1.91. The van der Waals surface area contributed by atoms with E-state index < -0.39 is 5.97 Å². The highest BCUT2D eigenvalue weighted by atomic mass is 79.9. The van der Waals surface area contributed by atoms with E-state index in [-0.39, 0.29) is 5.69 Å². The van der Waals surface area contributed by atoms with Crippen molar-refractivity contribution in [3.05, 3.63) is 28.4 Å². The summed E-state index contributed by atoms with van der Waals surface area (Å²) in [5, 5.41) is 12.4. The quantitative estimate of drug-likeness (QED) is 0.839. The zero-order valence-electron chi connectivity index (χ0n) is 11.8. The summed E-state index contributed by atoms with van der Waals surface area (Å²) in [5.41, 5.74) is 0.515. The van der Waals surface area contributed by atoms with Gasteiger partial charge in [-0.05, 0) is 46.8 Å². The van der Waals surface area contributed by atoms with Gasteiger partial charge in [-0.1, -0.05) is 5.16 Å². The van der Waals surface area contributed by atoms with Gasteiger partial charge in [0.1, 0.15) is 0 Å². The highest BCUT2D eigenvalue weighted by Crippen LogP contribution is 2.41. The van der Waals surface area contributed by atoms with Crippen LogP contribution in [0.5, 0.6) is 11.5 Å². The normalized spacial score (nSPS) is 13.9. The molecule has 0 bridgehead atoms. The second-order valence-electron chi connectivity index (χ2n) is 5.13. The predicted molar refractivity (Wildman–Crippen MR) is 81.4 cm³/mol. The van der Waals surface area contributed by atoms with Crippen molar-refractivity contribution in [1.29, 1.82) is 0 Å². The fraction of sp³-hybridized carbons (Fsp3) is 0.333. The van der Waals surface area contributed by atoms with Crippen LogP contribution in [0.25, 0.3) is 11.3 Å². The number of rotatable bonds is 6. The minimum atomic E-state index is -1.13. The Bertz CT molecular complexity index is 708. The van der Waals surface area contributed by atoms with Crippen molar-refractivity contribution in [2.45, 2.75) is 12.8 Å². The van der Waals surface area contributed by atoms with E-state index in [9.17, 15) is 4.79 Å². The van der Waals surface area contributed by atoms with Crippen LogP contribution in [0.3, 0.4) is 0 Å². The molecule has 1 heterocycles. The van der Waals surface area contributed by atoms with E-state index >= 15 is 0 Å². The van der Waals surface area contributed by atoms with Gasteiger partial charge in [0.05, 0.1) is 18.2 Å². The van der Waals surface area contributed by atoms with Gasteiger partial charge in [-0.25, -0.2) is 4.79 Å². The van der Waals surface area contributed by atoms with Crippen LogP contribution in [-0.4, -0.2) is 29.9 Å². The first-order chi connectivity index (χ1) is 10.6. The second kappa shape index (κ2) is 6.00. The molecule has 7 heteroatoms. The summed E-state index contributed by atoms with van der Waals surface area (Å²) in [6, 6.07) is 4.89. The van der Waals surface area contributed by atoms with Gasteiger partial charge < -0.3 is 19.1 Å². The lowest BCUT2D eigenvalue weighted by atomic mass is 10.1. The fourth-order valence-electron chi connectivity index (χ4n) is 2.00. The monoisotopic (exact) mass is 367 g/mol. The SMILES string of the molecule is COc1cc(-c2cc(C(=O)O)no2)cc(Br)c1OCC1CC1. The van der Waals surface area contributed by atoms with Crippen LogP contribution >= 0.6 is 15.9 Å². The van der Waals surface area contributed by atoms with E-state index in [1.165, 1.54) is 18.9 Å². The number of halogens is 1. The molecule has 2 aromatic rings. The van der Waals surface area contributed by atoms with Crippen LogP contribution in [0.2, 0.25) is 0 Å². The average Bonchev–Trinajstić information content (AvgIpc) is 3.18. The maximum absolute atomic E-state index is 10.9. The zero-order valence-corrected chi connectivity index (χ0v) is 13.4. The maximum atomic E-state index is 10.9. The lowest BCUT2D eigenvalue weighted by molar-refractivity contribution is 0.0686. The minimum Gasteiger partial charge on any atom is -0.493 e. The number of carboxylic acids is 1. The number of hydrogen-bond acceptors (Lipinski definition) is 5. The number of carboxylic acid groups (broad SMARTS) is 1. The van der Waals surface area contributed by atoms with Crippen molar-refractivity contribution in [3.63, 3.8) is 0 Å². The number of benzene rings is 1. The van der Waals surface area contributed by atoms with E-state index in [0.29, 0.717) is 35.3 Å². The molecule has 0 unspecified atom stereocenters. The van der Waals surface area contributed by atoms with E-state index in [1.807, 2.05) is 0 Å². The fourth-order valence-corrected chi connectivity index (χ4v) is 2.56. The lowest BCUT2D eigenvalue weighted by Gasteiger charge is -2.13. The highest BCUT2D eigenvalue weighted by molar-refractivity contribution is 9.10. The third kappa shape index (κ3) is 3.09. The molecular weight excluding hydrogens is 354 g/mol. The molecule has 0 amide bonds. The zero-order chi connectivity index (χ0) is 15.7. The number of ether oxygens (including phenoxy) is 2. The van der Waals surface area contributed by atoms with Crippen molar-refractivity contribution in [2.75, 3.05) is 13.7 Å². The first-order valence-electron chi connectivity index (χ1n) is 6.79. The summed E-state index contributed by atoms with van der Waals surface area (Å²) < 4.78 is 17.0. The topological polar surface area (TPSA) is 81.8 Å². The molecular formula is C15H14BrNO5. The van der Waals surface area contributed by atoms with Crippen LogP contribution in [0.1, 0.15) is 23.3 Å². The molecule has 6 nitrogen and oxygen atoms in total. The van der Waals surface area contributed by atoms with Gasteiger partial charge in [-0.2, -0.15) is 0 Å². The number of methoxy groups -OCH3 is 1. The lowest BCUT2D eigenvalue weighted by Crippen LogP contribution is -2.01. The highest BCUT2D eigenvalue weighted by Gasteiger charge is 2.24. The summed E-state index contributed by atoms with van der Waals surface area (Å²) in [5.74, 6) is 1.04. The van der Waals surface area contributed by atoms with Crippen LogP contribution in [0.4, 0.5) is 0 Å². The summed E-state index contributed by atoms with van der Waals surface area (Å²) in [4.78, 5) is 10.9. The summed E-state index contributed by atoms with van der Waals surface area (Å²) >= 11 is 3.46. The van der Waals surface area contributed by atoms with Gasteiger partial charge in [0, 0.05) is 11.6 Å². The molecule has 1 aliphatic rings. The minimum absolute atomic E-state index is 0.140. The van der Waals surface area contributed by atoms with E-state index in [2.05, 4.69) is 21.1 Å². The summed E-state index contributed by atoms with van der Waals surface area (Å²) in [6.45, 7) is 0.666. The Morgan fingerprint density at radius 1 is 1.45 bits per heavy atom. The maximum Gasteiger partial charge on any atom is 0.358 e. The predicted octanol–water partition coefficient (Wildman–Crippen LogP) is 3.60. The first-order valence-corrected chi connectivity index (χ1v) is 7.58. The van der Waals surface area contributed by atoms with Crippen LogP contribution in [-0.2, 0) is 0 Å². The number of nitrogens with zero attached hydrogens (tertiary/aromatic N) is 1. The molecule has 3 rings (SSSR count). The first kappa shape index (κ1) is 14.9. The Labute approximate surface area is 135 Å². The van der Waals surface area contributed by atoms with Crippen LogP contribution < -0.4 is 9.47 Å². The van der Waals surface area contributed by atoms with E-state index in [0.717, 1.165) is 4.47 Å². The number of hydrogen-bond donors (Lipinski definition) is 1. The molecule has 0 spiro atoms. The molecule has 0 atom stereocenters. The summed E-state index contributed by atoms with van der Waals surface area (Å²) in [6.07, 6.45) is 2.40. The largest absolute Gasteiger partial charge is 0.493 e. The van der Waals surface area contributed by atoms with Gasteiger partial charge in [0.25, 0.3) is 0 Å². The van der Waals surface area contributed by atoms with Crippen LogP contribution in [0.15, 0.2) is 27.2 Å². The van der Waals surface area contributed by atoms with Crippen LogP contribution in [0, 0.1) is 5.92 Å². The molecule has 0 radical (unpaired) electrons. The number of carbonyl (C=O) groups is 1. The Morgan fingerprint density at radius 3 is 2.82 bits per heavy atom. The average molecular weight is 368 g/mol. The summed E-state index contributed by atoms with van der Waals surface area (Å²) in [7, 11) is 1.55. The number of aromatic carboxylic acids is 1. The molecule has 1 aromatic heterocycles. The molecule has 116 valence electrons. The van der Waals surface area contributed by atoms with E-state index in [4.69, 9.17) is 19.1 Å². The van der Waals surface area contributed by atoms with Gasteiger partial charge in [0.2, 0.25) is 0 Å². The molecule has 1 fully saturated rings. The molecule has 1 N–H and O–H groups in total. The van der Waals surface area contributed by atoms with E-state index in [1.54, 1.807) is 19.2 Å². The third-order valence-corrected chi connectivity index (χ3v) is 3.99. The Kier molecular flexibility index (Phi) is 4.06. The van der Waals surface area contributed by atoms with Gasteiger partial charge >= 0.3 is 5.97 Å². The number of aromatic nitrogens is 1. The third-order valence-electron chi connectivity index (χ3n) is 3.40. The van der Waals surface area contributed by atoms with Crippen molar-refractivity contribution in [1.82, 2.24) is 5.16 Å². The Hall–Kier alpha value is -2.02. The molecule has 1 aliphatic carbocycles. The smallest absolute Gasteiger partial charge is 0.358 e. The van der Waals surface area contributed by atoms with Crippen molar-refractivity contribution < 1.29 is 23.9 Å². The van der Waals surface area contributed by atoms with Crippen molar-refractivity contribution in [3.8, 4) is 22.8 Å². The van der Waals surface area contributed by atoms with Gasteiger partial charge in [-0.15, -0.1) is 0 Å². The Morgan fingerprint density at radius 2 is 2.23 bits per heavy atom. The van der Waals surface area contributed by atoms with Crippen molar-refractivity contribution >= 4 is 21.9 Å². The van der Waals surface area contributed by atoms with Gasteiger partial charge in [-0.3, -0.25) is 0 Å². The molecule has 22 heavy (non-hydrogen) atoms. The van der Waals surface area contributed by atoms with Crippen molar-refractivity contribution in [2.24, 2.45) is 5.92 Å². The van der Waals surface area contributed by atoms with Gasteiger partial charge in [0.15, 0.2) is 23.0 Å². The molecule has 1 saturated carbocycles. The molecule has 0 saturated heterocycles. The molecule has 0 aliphatic heterocycles. The standard InChI is InChI=1S/C15H14BrNO5/c1-20-13-5-9(12-6-11(15(18)19)17-22-12)4-10(16)14(13)21-7-8-2-3-8/h4-6,8H,2-3,7H2,1H3,(H,18,19).